The predicted octanol–water partition coefficient (Wildman–Crippen LogP) is 12.8. The molecule has 0 atom stereocenters. The summed E-state index contributed by atoms with van der Waals surface area (Å²) < 4.78 is 6.15. The fourth-order valence-corrected chi connectivity index (χ4v) is 7.72. The van der Waals surface area contributed by atoms with E-state index in [2.05, 4.69) is 175 Å². The molecule has 0 N–H and O–H groups in total. The summed E-state index contributed by atoms with van der Waals surface area (Å²) >= 11 is 0. The smallest absolute Gasteiger partial charge is 0.135 e. The minimum Gasteiger partial charge on any atom is -0.456 e. The minimum atomic E-state index is 0.805. The molecule has 1 aliphatic rings. The lowest BCUT2D eigenvalue weighted by molar-refractivity contribution is 0.669. The number of nitrogens with zero attached hydrogens (tertiary/aromatic N) is 2. The Morgan fingerprint density at radius 3 is 1.71 bits per heavy atom. The van der Waals surface area contributed by atoms with E-state index in [1.54, 1.807) is 0 Å². The number of hydrogen-bond acceptors (Lipinski definition) is 3. The van der Waals surface area contributed by atoms with Crippen molar-refractivity contribution in [1.29, 1.82) is 0 Å². The number of hydrogen-bond donors (Lipinski definition) is 0. The number of furan rings is 1. The van der Waals surface area contributed by atoms with E-state index in [1.165, 1.54) is 44.6 Å². The van der Waals surface area contributed by atoms with Crippen LogP contribution in [0.3, 0.4) is 0 Å². The van der Waals surface area contributed by atoms with Gasteiger partial charge in [-0.05, 0) is 99.1 Å². The third-order valence-electron chi connectivity index (χ3n) is 10.4. The maximum absolute atomic E-state index is 6.15. The quantitative estimate of drug-likeness (QED) is 0.183. The topological polar surface area (TPSA) is 29.3 Å². The van der Waals surface area contributed by atoms with Gasteiger partial charge in [-0.1, -0.05) is 127 Å². The first-order chi connectivity index (χ1) is 25.7. The molecule has 3 nitrogen and oxygen atoms in total. The van der Waals surface area contributed by atoms with Crippen molar-refractivity contribution in [2.45, 2.75) is 13.1 Å². The fourth-order valence-electron chi connectivity index (χ4n) is 7.72. The van der Waals surface area contributed by atoms with Crippen LogP contribution < -0.4 is 4.90 Å². The van der Waals surface area contributed by atoms with E-state index < -0.39 is 0 Å². The van der Waals surface area contributed by atoms with E-state index in [0.717, 1.165) is 63.1 Å². The van der Waals surface area contributed by atoms with Crippen molar-refractivity contribution in [3.8, 4) is 55.9 Å². The second-order valence-electron chi connectivity index (χ2n) is 13.6. The Hall–Kier alpha value is -6.71. The van der Waals surface area contributed by atoms with Crippen molar-refractivity contribution in [1.82, 2.24) is 4.98 Å². The van der Waals surface area contributed by atoms with E-state index in [1.807, 2.05) is 12.1 Å². The summed E-state index contributed by atoms with van der Waals surface area (Å²) in [4.78, 5) is 7.63. The van der Waals surface area contributed by atoms with Crippen LogP contribution in [0.4, 0.5) is 5.69 Å². The first-order valence-corrected chi connectivity index (χ1v) is 17.8. The molecule has 0 saturated carbocycles. The van der Waals surface area contributed by atoms with Crippen molar-refractivity contribution in [2.75, 3.05) is 4.90 Å². The molecule has 0 radical (unpaired) electrons. The molecule has 10 rings (SSSR count). The second kappa shape index (κ2) is 12.6. The van der Waals surface area contributed by atoms with Crippen LogP contribution in [0.25, 0.3) is 77.8 Å². The highest BCUT2D eigenvalue weighted by Gasteiger charge is 2.22. The molecule has 3 heterocycles. The summed E-state index contributed by atoms with van der Waals surface area (Å²) in [5.74, 6) is 0. The van der Waals surface area contributed by atoms with E-state index in [9.17, 15) is 0 Å². The summed E-state index contributed by atoms with van der Waals surface area (Å²) in [7, 11) is 0. The van der Waals surface area contributed by atoms with Crippen LogP contribution >= 0.6 is 0 Å². The third kappa shape index (κ3) is 5.44. The molecule has 0 aliphatic carbocycles. The molecular weight excluding hydrogens is 633 g/mol. The lowest BCUT2D eigenvalue weighted by atomic mass is 9.90. The number of benzene rings is 7. The number of fused-ring (bicyclic) bond motifs is 6. The number of aromatic nitrogens is 1. The maximum atomic E-state index is 6.15. The van der Waals surface area contributed by atoms with Crippen molar-refractivity contribution < 1.29 is 4.42 Å². The summed E-state index contributed by atoms with van der Waals surface area (Å²) in [5.41, 5.74) is 17.1. The molecule has 0 fully saturated rings. The average molecular weight is 667 g/mol. The van der Waals surface area contributed by atoms with Gasteiger partial charge < -0.3 is 9.32 Å². The van der Waals surface area contributed by atoms with E-state index in [0.29, 0.717) is 0 Å². The third-order valence-corrected chi connectivity index (χ3v) is 10.4. The van der Waals surface area contributed by atoms with E-state index >= 15 is 0 Å². The summed E-state index contributed by atoms with van der Waals surface area (Å²) in [6.45, 7) is 1.62. The lowest BCUT2D eigenvalue weighted by Gasteiger charge is -2.24. The van der Waals surface area contributed by atoms with Gasteiger partial charge in [0.05, 0.1) is 11.4 Å². The summed E-state index contributed by atoms with van der Waals surface area (Å²) in [5, 5.41) is 2.29. The Morgan fingerprint density at radius 1 is 0.385 bits per heavy atom. The van der Waals surface area contributed by atoms with Crippen LogP contribution in [0.5, 0.6) is 0 Å². The fraction of sp³-hybridized carbons (Fsp3) is 0.0408. The second-order valence-corrected chi connectivity index (χ2v) is 13.6. The zero-order valence-electron chi connectivity index (χ0n) is 28.5. The summed E-state index contributed by atoms with van der Waals surface area (Å²) in [6, 6.07) is 65.1. The first kappa shape index (κ1) is 30.1. The Kier molecular flexibility index (Phi) is 7.28. The highest BCUT2D eigenvalue weighted by atomic mass is 16.3. The monoisotopic (exact) mass is 666 g/mol. The molecule has 246 valence electrons. The van der Waals surface area contributed by atoms with E-state index in [-0.39, 0.29) is 0 Å². The Labute approximate surface area is 303 Å². The number of pyridine rings is 1. The van der Waals surface area contributed by atoms with Gasteiger partial charge in [-0.2, -0.15) is 0 Å². The first-order valence-electron chi connectivity index (χ1n) is 17.8. The molecule has 9 aromatic rings. The Bertz CT molecular complexity index is 2670. The van der Waals surface area contributed by atoms with Crippen molar-refractivity contribution in [3.05, 3.63) is 193 Å². The van der Waals surface area contributed by atoms with Gasteiger partial charge in [0, 0.05) is 40.7 Å². The van der Waals surface area contributed by atoms with Gasteiger partial charge in [0.15, 0.2) is 0 Å². The standard InChI is InChI=1S/C49H34N2O/c1-4-12-33(13-5-1)46-29-39(30-47(50-46)34-14-6-2-7-15-34)37-20-21-38-31-51(41-16-8-3-9-17-41)32-40-26-35(22-24-42(40)44(38)27-37)36-23-25-49-45(28-36)43-18-10-11-19-48(43)52-49/h1-30H,31-32H2. The largest absolute Gasteiger partial charge is 0.456 e. The number of rotatable bonds is 5. The molecule has 0 bridgehead atoms. The van der Waals surface area contributed by atoms with Gasteiger partial charge in [0.2, 0.25) is 0 Å². The van der Waals surface area contributed by atoms with Gasteiger partial charge in [-0.15, -0.1) is 0 Å². The van der Waals surface area contributed by atoms with Crippen LogP contribution in [0.15, 0.2) is 186 Å². The zero-order chi connectivity index (χ0) is 34.4. The van der Waals surface area contributed by atoms with Crippen LogP contribution in [-0.2, 0) is 13.1 Å². The van der Waals surface area contributed by atoms with E-state index in [4.69, 9.17) is 9.40 Å². The molecule has 52 heavy (non-hydrogen) atoms. The highest BCUT2D eigenvalue weighted by Crippen LogP contribution is 2.41. The summed E-state index contributed by atoms with van der Waals surface area (Å²) in [6.07, 6.45) is 0. The van der Waals surface area contributed by atoms with Gasteiger partial charge in [0.1, 0.15) is 11.2 Å². The number of anilines is 1. The van der Waals surface area contributed by atoms with Gasteiger partial charge in [0.25, 0.3) is 0 Å². The van der Waals surface area contributed by atoms with Crippen molar-refractivity contribution in [3.63, 3.8) is 0 Å². The zero-order valence-corrected chi connectivity index (χ0v) is 28.5. The Balaban J connectivity index is 1.12. The van der Waals surface area contributed by atoms with Crippen LogP contribution in [0.2, 0.25) is 0 Å². The molecule has 0 spiro atoms. The van der Waals surface area contributed by atoms with Gasteiger partial charge in [-0.25, -0.2) is 4.98 Å². The molecule has 2 aromatic heterocycles. The van der Waals surface area contributed by atoms with Gasteiger partial charge in [-0.3, -0.25) is 0 Å². The molecule has 1 aliphatic heterocycles. The molecule has 3 heteroatoms. The molecule has 7 aromatic carbocycles. The average Bonchev–Trinajstić information content (AvgIpc) is 3.51. The van der Waals surface area contributed by atoms with Crippen molar-refractivity contribution >= 4 is 27.6 Å². The SMILES string of the molecule is c1ccc(-c2cc(-c3ccc4c(c3)-c3ccc(-c5ccc6oc7ccccc7c6c5)cc3CN(c3ccccc3)C4)cc(-c3ccccc3)n2)cc1. The lowest BCUT2D eigenvalue weighted by Crippen LogP contribution is -2.20. The Morgan fingerprint density at radius 2 is 0.962 bits per heavy atom. The van der Waals surface area contributed by atoms with Crippen molar-refractivity contribution in [2.24, 2.45) is 0 Å². The molecule has 0 saturated heterocycles. The maximum Gasteiger partial charge on any atom is 0.135 e. The highest BCUT2D eigenvalue weighted by molar-refractivity contribution is 6.06. The number of para-hydroxylation sites is 2. The van der Waals surface area contributed by atoms with Gasteiger partial charge >= 0.3 is 0 Å². The van der Waals surface area contributed by atoms with Crippen LogP contribution in [0, 0.1) is 0 Å². The normalized spacial score (nSPS) is 12.4. The molecule has 0 unspecified atom stereocenters. The van der Waals surface area contributed by atoms with Crippen LogP contribution in [-0.4, -0.2) is 4.98 Å². The minimum absolute atomic E-state index is 0.805. The molecular formula is C49H34N2O. The molecule has 0 amide bonds. The predicted molar refractivity (Wildman–Crippen MR) is 215 cm³/mol. The van der Waals surface area contributed by atoms with Crippen LogP contribution in [0.1, 0.15) is 11.1 Å².